The van der Waals surface area contributed by atoms with E-state index in [1.807, 2.05) is 48.5 Å². The van der Waals surface area contributed by atoms with Gasteiger partial charge < -0.3 is 10.1 Å². The van der Waals surface area contributed by atoms with E-state index in [4.69, 9.17) is 16.3 Å². The van der Waals surface area contributed by atoms with Crippen molar-refractivity contribution < 1.29 is 9.13 Å². The molecule has 3 rings (SSSR count). The zero-order valence-corrected chi connectivity index (χ0v) is 15.7. The average Bonchev–Trinajstić information content (AvgIpc) is 2.64. The topological polar surface area (TPSA) is 21.3 Å². The number of benzene rings is 3. The van der Waals surface area contributed by atoms with Gasteiger partial charge in [0.05, 0.1) is 0 Å². The van der Waals surface area contributed by atoms with Crippen molar-refractivity contribution in [3.63, 3.8) is 0 Å². The lowest BCUT2D eigenvalue weighted by atomic mass is 10.1. The summed E-state index contributed by atoms with van der Waals surface area (Å²) in [5.41, 5.74) is 3.06. The minimum Gasteiger partial charge on any atom is -0.489 e. The second-order valence-corrected chi connectivity index (χ2v) is 6.13. The molecule has 0 amide bonds. The molecule has 0 atom stereocenters. The van der Waals surface area contributed by atoms with Crippen LogP contribution in [0.2, 0.25) is 5.02 Å². The molecule has 26 heavy (non-hydrogen) atoms. The first kappa shape index (κ1) is 20.2. The van der Waals surface area contributed by atoms with Gasteiger partial charge in [0, 0.05) is 29.2 Å². The average molecular weight is 392 g/mol. The van der Waals surface area contributed by atoms with Crippen LogP contribution < -0.4 is 10.1 Å². The highest BCUT2D eigenvalue weighted by atomic mass is 35.5. The monoisotopic (exact) mass is 391 g/mol. The minimum absolute atomic E-state index is 0. The molecule has 1 N–H and O–H groups in total. The molecule has 0 aliphatic heterocycles. The quantitative estimate of drug-likeness (QED) is 0.551. The van der Waals surface area contributed by atoms with Crippen LogP contribution in [-0.4, -0.2) is 0 Å². The smallest absolute Gasteiger partial charge is 0.124 e. The van der Waals surface area contributed by atoms with Crippen LogP contribution in [0.1, 0.15) is 16.7 Å². The van der Waals surface area contributed by atoms with Gasteiger partial charge in [-0.15, -0.1) is 12.4 Å². The first-order chi connectivity index (χ1) is 12.2. The maximum absolute atomic E-state index is 12.9. The normalized spacial score (nSPS) is 10.2. The third-order valence-corrected chi connectivity index (χ3v) is 4.24. The largest absolute Gasteiger partial charge is 0.489 e. The van der Waals surface area contributed by atoms with Gasteiger partial charge in [0.1, 0.15) is 18.2 Å². The lowest BCUT2D eigenvalue weighted by molar-refractivity contribution is 0.302. The molecule has 5 heteroatoms. The Morgan fingerprint density at radius 2 is 1.46 bits per heavy atom. The van der Waals surface area contributed by atoms with Gasteiger partial charge in [-0.25, -0.2) is 4.39 Å². The highest BCUT2D eigenvalue weighted by Gasteiger charge is 2.05. The van der Waals surface area contributed by atoms with Crippen molar-refractivity contribution in [2.45, 2.75) is 19.7 Å². The van der Waals surface area contributed by atoms with Crippen molar-refractivity contribution in [2.75, 3.05) is 0 Å². The molecule has 0 fully saturated rings. The Morgan fingerprint density at radius 1 is 0.808 bits per heavy atom. The number of hydrogen-bond acceptors (Lipinski definition) is 2. The summed E-state index contributed by atoms with van der Waals surface area (Å²) < 4.78 is 18.9. The van der Waals surface area contributed by atoms with Crippen LogP contribution in [0, 0.1) is 5.82 Å². The Kier molecular flexibility index (Phi) is 7.92. The lowest BCUT2D eigenvalue weighted by Crippen LogP contribution is -2.13. The molecule has 2 nitrogen and oxygen atoms in total. The van der Waals surface area contributed by atoms with E-state index in [0.717, 1.165) is 22.4 Å². The molecular weight excluding hydrogens is 372 g/mol. The molecule has 0 saturated carbocycles. The van der Waals surface area contributed by atoms with Crippen LogP contribution in [-0.2, 0) is 19.7 Å². The zero-order valence-electron chi connectivity index (χ0n) is 14.1. The predicted octanol–water partition coefficient (Wildman–Crippen LogP) is 5.77. The summed E-state index contributed by atoms with van der Waals surface area (Å²) in [6.07, 6.45) is 0. The third kappa shape index (κ3) is 5.73. The fourth-order valence-electron chi connectivity index (χ4n) is 2.51. The zero-order chi connectivity index (χ0) is 17.5. The molecule has 0 aromatic heterocycles. The highest BCUT2D eigenvalue weighted by Crippen LogP contribution is 2.22. The van der Waals surface area contributed by atoms with Crippen LogP contribution in [0.4, 0.5) is 4.39 Å². The number of rotatable bonds is 7. The molecular formula is C21H20Cl2FNO. The van der Waals surface area contributed by atoms with Crippen molar-refractivity contribution >= 4 is 24.0 Å². The molecule has 0 aliphatic carbocycles. The number of ether oxygens (including phenoxy) is 1. The van der Waals surface area contributed by atoms with Crippen molar-refractivity contribution in [1.82, 2.24) is 5.32 Å². The van der Waals surface area contributed by atoms with Crippen LogP contribution in [0.5, 0.6) is 5.75 Å². The summed E-state index contributed by atoms with van der Waals surface area (Å²) in [5.74, 6) is 0.607. The lowest BCUT2D eigenvalue weighted by Gasteiger charge is -2.13. The van der Waals surface area contributed by atoms with Crippen molar-refractivity contribution in [3.05, 3.63) is 100 Å². The molecule has 0 spiro atoms. The van der Waals surface area contributed by atoms with E-state index in [0.29, 0.717) is 24.7 Å². The van der Waals surface area contributed by atoms with E-state index in [1.165, 1.54) is 12.1 Å². The first-order valence-corrected chi connectivity index (χ1v) is 8.49. The van der Waals surface area contributed by atoms with Gasteiger partial charge in [-0.2, -0.15) is 0 Å². The molecule has 3 aromatic rings. The van der Waals surface area contributed by atoms with E-state index in [2.05, 4.69) is 5.32 Å². The van der Waals surface area contributed by atoms with E-state index < -0.39 is 0 Å². The summed E-state index contributed by atoms with van der Waals surface area (Å²) in [4.78, 5) is 0. The van der Waals surface area contributed by atoms with Gasteiger partial charge >= 0.3 is 0 Å². The van der Waals surface area contributed by atoms with Gasteiger partial charge in [-0.3, -0.25) is 0 Å². The number of hydrogen-bond donors (Lipinski definition) is 1. The second kappa shape index (κ2) is 10.2. The third-order valence-electron chi connectivity index (χ3n) is 3.87. The van der Waals surface area contributed by atoms with Crippen LogP contribution in [0.15, 0.2) is 72.8 Å². The van der Waals surface area contributed by atoms with E-state index in [-0.39, 0.29) is 18.2 Å². The van der Waals surface area contributed by atoms with Crippen molar-refractivity contribution in [2.24, 2.45) is 0 Å². The summed E-state index contributed by atoms with van der Waals surface area (Å²) in [6, 6.07) is 22.1. The maximum Gasteiger partial charge on any atom is 0.124 e. The van der Waals surface area contributed by atoms with Crippen molar-refractivity contribution in [1.29, 1.82) is 0 Å². The van der Waals surface area contributed by atoms with Gasteiger partial charge in [0.15, 0.2) is 0 Å². The first-order valence-electron chi connectivity index (χ1n) is 8.11. The molecule has 0 bridgehead atoms. The fraction of sp³-hybridized carbons (Fsp3) is 0.143. The summed E-state index contributed by atoms with van der Waals surface area (Å²) in [7, 11) is 0. The molecule has 3 aromatic carbocycles. The molecule has 0 aliphatic rings. The minimum atomic E-state index is -0.220. The Labute approximate surface area is 164 Å². The molecule has 0 heterocycles. The Balaban J connectivity index is 0.00000243. The SMILES string of the molecule is Cl.Fc1ccc(CNCc2ccccc2OCc2ccccc2Cl)cc1. The van der Waals surface area contributed by atoms with Crippen LogP contribution in [0.3, 0.4) is 0 Å². The number of nitrogens with one attached hydrogen (secondary N) is 1. The number of para-hydroxylation sites is 1. The van der Waals surface area contributed by atoms with E-state index >= 15 is 0 Å². The predicted molar refractivity (Wildman–Crippen MR) is 106 cm³/mol. The Hall–Kier alpha value is -2.07. The van der Waals surface area contributed by atoms with Gasteiger partial charge in [-0.05, 0) is 29.8 Å². The summed E-state index contributed by atoms with van der Waals surface area (Å²) in [6.45, 7) is 1.75. The second-order valence-electron chi connectivity index (χ2n) is 5.72. The van der Waals surface area contributed by atoms with Gasteiger partial charge in [0.25, 0.3) is 0 Å². The molecule has 0 radical (unpaired) electrons. The molecule has 0 saturated heterocycles. The Morgan fingerprint density at radius 3 is 2.19 bits per heavy atom. The Bertz CT molecular complexity index is 824. The summed E-state index contributed by atoms with van der Waals surface area (Å²) in [5, 5.41) is 4.06. The van der Waals surface area contributed by atoms with Crippen LogP contribution in [0.25, 0.3) is 0 Å². The standard InChI is InChI=1S/C21H19ClFNO.ClH/c22-20-7-3-1-6-18(20)15-25-21-8-4-2-5-17(21)14-24-13-16-9-11-19(23)12-10-16;/h1-12,24H,13-15H2;1H. The molecule has 136 valence electrons. The fourth-order valence-corrected chi connectivity index (χ4v) is 2.70. The van der Waals surface area contributed by atoms with E-state index in [1.54, 1.807) is 12.1 Å². The van der Waals surface area contributed by atoms with Crippen LogP contribution >= 0.6 is 24.0 Å². The highest BCUT2D eigenvalue weighted by molar-refractivity contribution is 6.31. The van der Waals surface area contributed by atoms with E-state index in [9.17, 15) is 4.39 Å². The number of halogens is 3. The van der Waals surface area contributed by atoms with Gasteiger partial charge in [-0.1, -0.05) is 60.1 Å². The summed E-state index contributed by atoms with van der Waals surface area (Å²) >= 11 is 6.17. The molecule has 0 unspecified atom stereocenters. The van der Waals surface area contributed by atoms with Gasteiger partial charge in [0.2, 0.25) is 0 Å². The van der Waals surface area contributed by atoms with Crippen molar-refractivity contribution in [3.8, 4) is 5.75 Å². The maximum atomic E-state index is 12.9.